The largest absolute Gasteiger partial charge is 0.376 e. The van der Waals surface area contributed by atoms with Crippen molar-refractivity contribution in [1.29, 1.82) is 0 Å². The molecule has 3 rings (SSSR count). The molecule has 5 heteroatoms. The highest BCUT2D eigenvalue weighted by atomic mass is 16.5. The van der Waals surface area contributed by atoms with E-state index in [0.717, 1.165) is 58.1 Å². The van der Waals surface area contributed by atoms with E-state index < -0.39 is 0 Å². The number of ether oxygens (including phenoxy) is 2. The van der Waals surface area contributed by atoms with E-state index in [9.17, 15) is 0 Å². The fraction of sp³-hybridized carbons (Fsp3) is 0.708. The SMILES string of the molecule is CN=C(NCC(c1ccccc1)C(C)C)N1CCC(OCC2CCCCO2)CC1. The average Bonchev–Trinajstić information content (AvgIpc) is 2.77. The number of nitrogens with one attached hydrogen (secondary N) is 1. The van der Waals surface area contributed by atoms with Crippen molar-refractivity contribution in [3.05, 3.63) is 35.9 Å². The van der Waals surface area contributed by atoms with Crippen LogP contribution in [0.4, 0.5) is 0 Å². The molecule has 0 aliphatic carbocycles. The summed E-state index contributed by atoms with van der Waals surface area (Å²) in [4.78, 5) is 6.93. The van der Waals surface area contributed by atoms with Crippen LogP contribution in [0.3, 0.4) is 0 Å². The maximum absolute atomic E-state index is 6.16. The van der Waals surface area contributed by atoms with Crippen molar-refractivity contribution < 1.29 is 9.47 Å². The average molecular weight is 402 g/mol. The molecule has 2 heterocycles. The number of hydrogen-bond acceptors (Lipinski definition) is 3. The summed E-state index contributed by atoms with van der Waals surface area (Å²) in [5.41, 5.74) is 1.39. The third kappa shape index (κ3) is 6.71. The fourth-order valence-corrected chi connectivity index (χ4v) is 4.39. The van der Waals surface area contributed by atoms with E-state index >= 15 is 0 Å². The summed E-state index contributed by atoms with van der Waals surface area (Å²) in [6.45, 7) is 9.13. The molecule has 1 N–H and O–H groups in total. The summed E-state index contributed by atoms with van der Waals surface area (Å²) in [5.74, 6) is 2.06. The Kier molecular flexibility index (Phi) is 8.81. The lowest BCUT2D eigenvalue weighted by Gasteiger charge is -2.35. The van der Waals surface area contributed by atoms with Gasteiger partial charge in [-0.1, -0.05) is 44.2 Å². The summed E-state index contributed by atoms with van der Waals surface area (Å²) < 4.78 is 12.0. The summed E-state index contributed by atoms with van der Waals surface area (Å²) in [7, 11) is 1.89. The third-order valence-corrected chi connectivity index (χ3v) is 6.26. The van der Waals surface area contributed by atoms with Crippen LogP contribution in [0.1, 0.15) is 57.4 Å². The molecule has 0 aromatic heterocycles. The zero-order valence-electron chi connectivity index (χ0n) is 18.5. The van der Waals surface area contributed by atoms with Gasteiger partial charge in [-0.2, -0.15) is 0 Å². The van der Waals surface area contributed by atoms with Crippen LogP contribution in [-0.2, 0) is 9.47 Å². The van der Waals surface area contributed by atoms with Gasteiger partial charge in [0.1, 0.15) is 0 Å². The number of nitrogens with zero attached hydrogens (tertiary/aromatic N) is 2. The maximum atomic E-state index is 6.16. The molecule has 1 aromatic rings. The molecule has 2 aliphatic heterocycles. The Balaban J connectivity index is 1.43. The van der Waals surface area contributed by atoms with Crippen molar-refractivity contribution in [3.63, 3.8) is 0 Å². The molecule has 0 bridgehead atoms. The first-order chi connectivity index (χ1) is 14.2. The minimum atomic E-state index is 0.308. The number of guanidine groups is 1. The van der Waals surface area contributed by atoms with Crippen LogP contribution in [0, 0.1) is 5.92 Å². The van der Waals surface area contributed by atoms with Gasteiger partial charge in [0.25, 0.3) is 0 Å². The highest BCUT2D eigenvalue weighted by molar-refractivity contribution is 5.80. The molecule has 0 spiro atoms. The second-order valence-electron chi connectivity index (χ2n) is 8.70. The smallest absolute Gasteiger partial charge is 0.193 e. The van der Waals surface area contributed by atoms with Crippen LogP contribution in [0.5, 0.6) is 0 Å². The third-order valence-electron chi connectivity index (χ3n) is 6.26. The first-order valence-corrected chi connectivity index (χ1v) is 11.4. The number of rotatable bonds is 7. The molecule has 2 aliphatic rings. The normalized spacial score (nSPS) is 22.7. The van der Waals surface area contributed by atoms with Gasteiger partial charge >= 0.3 is 0 Å². The Hall–Kier alpha value is -1.59. The van der Waals surface area contributed by atoms with E-state index in [0.29, 0.717) is 24.0 Å². The van der Waals surface area contributed by atoms with E-state index in [1.54, 1.807) is 0 Å². The number of likely N-dealkylation sites (tertiary alicyclic amines) is 1. The van der Waals surface area contributed by atoms with E-state index in [-0.39, 0.29) is 0 Å². The molecular formula is C24H39N3O2. The molecule has 2 fully saturated rings. The zero-order chi connectivity index (χ0) is 20.5. The van der Waals surface area contributed by atoms with Gasteiger partial charge in [-0.25, -0.2) is 0 Å². The van der Waals surface area contributed by atoms with E-state index in [2.05, 4.69) is 59.4 Å². The van der Waals surface area contributed by atoms with Gasteiger partial charge in [0.2, 0.25) is 0 Å². The summed E-state index contributed by atoms with van der Waals surface area (Å²) >= 11 is 0. The Morgan fingerprint density at radius 1 is 1.17 bits per heavy atom. The standard InChI is InChI=1S/C24H39N3O2/c1-19(2)23(20-9-5-4-6-10-20)17-26-24(25-3)27-14-12-21(13-15-27)29-18-22-11-7-8-16-28-22/h4-6,9-10,19,21-23H,7-8,11-18H2,1-3H3,(H,25,26). The van der Waals surface area contributed by atoms with Crippen LogP contribution in [0.25, 0.3) is 0 Å². The van der Waals surface area contributed by atoms with Crippen molar-refractivity contribution in [1.82, 2.24) is 10.2 Å². The molecule has 162 valence electrons. The maximum Gasteiger partial charge on any atom is 0.193 e. The molecule has 1 aromatic carbocycles. The predicted molar refractivity (Wildman–Crippen MR) is 120 cm³/mol. The van der Waals surface area contributed by atoms with Gasteiger partial charge in [-0.3, -0.25) is 4.99 Å². The van der Waals surface area contributed by atoms with E-state index in [1.807, 2.05) is 7.05 Å². The summed E-state index contributed by atoms with van der Waals surface area (Å²) in [6, 6.07) is 10.8. The van der Waals surface area contributed by atoms with Crippen molar-refractivity contribution in [2.45, 2.75) is 64.1 Å². The van der Waals surface area contributed by atoms with E-state index in [1.165, 1.54) is 18.4 Å². The van der Waals surface area contributed by atoms with Gasteiger partial charge < -0.3 is 19.7 Å². The minimum Gasteiger partial charge on any atom is -0.376 e. The first kappa shape index (κ1) is 22.1. The Morgan fingerprint density at radius 3 is 2.55 bits per heavy atom. The Bertz CT molecular complexity index is 606. The highest BCUT2D eigenvalue weighted by Gasteiger charge is 2.24. The second kappa shape index (κ2) is 11.6. The monoisotopic (exact) mass is 401 g/mol. The predicted octanol–water partition coefficient (Wildman–Crippen LogP) is 4.05. The van der Waals surface area contributed by atoms with Crippen molar-refractivity contribution in [3.8, 4) is 0 Å². The lowest BCUT2D eigenvalue weighted by atomic mass is 9.88. The molecule has 2 saturated heterocycles. The molecular weight excluding hydrogens is 362 g/mol. The first-order valence-electron chi connectivity index (χ1n) is 11.4. The second-order valence-corrected chi connectivity index (χ2v) is 8.70. The quantitative estimate of drug-likeness (QED) is 0.553. The van der Waals surface area contributed by atoms with E-state index in [4.69, 9.17) is 9.47 Å². The van der Waals surface area contributed by atoms with Crippen molar-refractivity contribution in [2.75, 3.05) is 39.9 Å². The number of hydrogen-bond donors (Lipinski definition) is 1. The molecule has 29 heavy (non-hydrogen) atoms. The summed E-state index contributed by atoms with van der Waals surface area (Å²) in [6.07, 6.45) is 6.38. The molecule has 5 nitrogen and oxygen atoms in total. The lowest BCUT2D eigenvalue weighted by Crippen LogP contribution is -2.48. The molecule has 0 radical (unpaired) electrons. The van der Waals surface area contributed by atoms with Crippen LogP contribution >= 0.6 is 0 Å². The Morgan fingerprint density at radius 2 is 1.93 bits per heavy atom. The van der Waals surface area contributed by atoms with Gasteiger partial charge in [-0.05, 0) is 43.6 Å². The molecule has 2 unspecified atom stereocenters. The number of aliphatic imine (C=N–C) groups is 1. The van der Waals surface area contributed by atoms with Gasteiger partial charge in [0, 0.05) is 39.2 Å². The number of benzene rings is 1. The van der Waals surface area contributed by atoms with Crippen LogP contribution in [-0.4, -0.2) is 63.0 Å². The topological polar surface area (TPSA) is 46.1 Å². The highest BCUT2D eigenvalue weighted by Crippen LogP contribution is 2.24. The summed E-state index contributed by atoms with van der Waals surface area (Å²) in [5, 5.41) is 3.63. The van der Waals surface area contributed by atoms with Crippen molar-refractivity contribution >= 4 is 5.96 Å². The van der Waals surface area contributed by atoms with Gasteiger partial charge in [0.05, 0.1) is 18.8 Å². The Labute approximate surface area is 176 Å². The zero-order valence-corrected chi connectivity index (χ0v) is 18.5. The molecule has 0 amide bonds. The molecule has 2 atom stereocenters. The van der Waals surface area contributed by atoms with Crippen LogP contribution in [0.15, 0.2) is 35.3 Å². The lowest BCUT2D eigenvalue weighted by molar-refractivity contribution is -0.0721. The van der Waals surface area contributed by atoms with Gasteiger partial charge in [0.15, 0.2) is 5.96 Å². The fourth-order valence-electron chi connectivity index (χ4n) is 4.39. The van der Waals surface area contributed by atoms with Gasteiger partial charge in [-0.15, -0.1) is 0 Å². The minimum absolute atomic E-state index is 0.308. The van der Waals surface area contributed by atoms with Crippen LogP contribution in [0.2, 0.25) is 0 Å². The van der Waals surface area contributed by atoms with Crippen LogP contribution < -0.4 is 5.32 Å². The number of piperidine rings is 1. The van der Waals surface area contributed by atoms with Crippen molar-refractivity contribution in [2.24, 2.45) is 10.9 Å². The molecule has 0 saturated carbocycles.